The molecule has 0 atom stereocenters. The van der Waals surface area contributed by atoms with Gasteiger partial charge < -0.3 is 8.83 Å². The van der Waals surface area contributed by atoms with Crippen LogP contribution in [0.15, 0.2) is 360 Å². The predicted octanol–water partition coefficient (Wildman–Crippen LogP) is 28.1. The van der Waals surface area contributed by atoms with Gasteiger partial charge in [0, 0.05) is 27.0 Å². The van der Waals surface area contributed by atoms with E-state index in [0.29, 0.717) is 44.5 Å². The molecule has 0 N–H and O–H groups in total. The Morgan fingerprint density at radius 1 is 0.218 bits per heavy atom. The van der Waals surface area contributed by atoms with E-state index < -0.39 is 53.8 Å². The Bertz CT molecular complexity index is 7600. The molecule has 0 aliphatic heterocycles. The van der Waals surface area contributed by atoms with Crippen molar-refractivity contribution in [1.82, 2.24) is 0 Å². The zero-order valence-electron chi connectivity index (χ0n) is 70.6. The van der Waals surface area contributed by atoms with Crippen molar-refractivity contribution in [3.63, 3.8) is 0 Å². The Hall–Kier alpha value is -12.9. The monoisotopic (exact) mass is 1300 g/mol. The van der Waals surface area contributed by atoms with Crippen LogP contribution in [0.3, 0.4) is 0 Å². The smallest absolute Gasteiger partial charge is 0.136 e. The zero-order valence-corrected chi connectivity index (χ0v) is 54.6. The van der Waals surface area contributed by atoms with E-state index in [-0.39, 0.29) is 91.4 Å². The largest absolute Gasteiger partial charge is 0.456 e. The molecule has 0 saturated heterocycles. The van der Waals surface area contributed by atoms with Gasteiger partial charge in [0.2, 0.25) is 0 Å². The highest BCUT2D eigenvalue weighted by Crippen LogP contribution is 2.52. The standard InChI is InChI=1S/C51H34O.C48H30O/c1-51(2)45-18-10-9-13-37(45)38-25-23-36(29-46(38)51)50-41-16-7-5-14-39(41)49(40-15-6-8-17-42(40)50)32-21-19-31(20-22-32)35-24-26-47-43(28-35)44-27-33-11-3-4-12-34(33)30-48(44)52-47;1-2-10-31(11-3-1)32-18-22-34(23-19-32)47-39-14-6-8-16-41(39)48(42-17-9-7-15-40(42)47)35-24-20-33(21-25-35)38-26-27-45-43(29-38)44-28-36-12-4-5-13-37(36)30-46(44)49-45/h3-30H,1-2H3;1-30H/i5D,6D,7D,8D,14D,15D,16D,17D;6D,7D,8D,9D,14D,15D,16D,17D. The van der Waals surface area contributed by atoms with Crippen molar-refractivity contribution in [3.8, 4) is 89.0 Å². The molecule has 2 nitrogen and oxygen atoms in total. The number of benzene rings is 18. The Balaban J connectivity index is 0.000000151. The Kier molecular flexibility index (Phi) is 10.1. The fourth-order valence-electron chi connectivity index (χ4n) is 15.7. The molecule has 0 amide bonds. The van der Waals surface area contributed by atoms with Gasteiger partial charge in [-0.1, -0.05) is 311 Å². The molecule has 21 rings (SSSR count). The highest BCUT2D eigenvalue weighted by molar-refractivity contribution is 6.23. The molecule has 18 aromatic carbocycles. The van der Waals surface area contributed by atoms with Crippen LogP contribution in [-0.2, 0) is 5.41 Å². The third kappa shape index (κ3) is 9.55. The Morgan fingerprint density at radius 3 is 0.931 bits per heavy atom. The molecule has 0 spiro atoms. The first-order valence-corrected chi connectivity index (χ1v) is 33.7. The number of hydrogen-bond acceptors (Lipinski definition) is 2. The van der Waals surface area contributed by atoms with Crippen LogP contribution in [-0.4, -0.2) is 0 Å². The summed E-state index contributed by atoms with van der Waals surface area (Å²) in [5, 5.41) is 9.99. The minimum atomic E-state index is -0.427. The van der Waals surface area contributed by atoms with Crippen molar-refractivity contribution in [1.29, 1.82) is 0 Å². The number of fused-ring (bicyclic) bond motifs is 15. The summed E-state index contributed by atoms with van der Waals surface area (Å²) in [5.74, 6) is 0. The van der Waals surface area contributed by atoms with E-state index in [1.54, 1.807) is 0 Å². The summed E-state index contributed by atoms with van der Waals surface area (Å²) >= 11 is 0. The van der Waals surface area contributed by atoms with Crippen LogP contribution >= 0.6 is 0 Å². The minimum Gasteiger partial charge on any atom is -0.456 e. The summed E-state index contributed by atoms with van der Waals surface area (Å²) in [4.78, 5) is 0. The summed E-state index contributed by atoms with van der Waals surface area (Å²) in [6, 6.07) is 78.0. The van der Waals surface area contributed by atoms with Crippen molar-refractivity contribution in [2.24, 2.45) is 0 Å². The molecule has 0 bridgehead atoms. The lowest BCUT2D eigenvalue weighted by atomic mass is 9.80. The van der Waals surface area contributed by atoms with Crippen LogP contribution in [0.25, 0.3) is 198 Å². The van der Waals surface area contributed by atoms with Crippen LogP contribution in [0.2, 0.25) is 0 Å². The molecule has 1 aliphatic rings. The first kappa shape index (κ1) is 44.1. The van der Waals surface area contributed by atoms with E-state index in [0.717, 1.165) is 115 Å². The van der Waals surface area contributed by atoms with Crippen molar-refractivity contribution >= 4 is 109 Å². The predicted molar refractivity (Wildman–Crippen MR) is 428 cm³/mol. The van der Waals surface area contributed by atoms with Gasteiger partial charge in [-0.05, 0) is 219 Å². The molecule has 0 saturated carbocycles. The van der Waals surface area contributed by atoms with Gasteiger partial charge in [0.05, 0.1) is 21.9 Å². The number of rotatable bonds is 7. The van der Waals surface area contributed by atoms with Gasteiger partial charge in [0.15, 0.2) is 0 Å². The average Bonchev–Trinajstić information content (AvgIpc) is 1.02. The van der Waals surface area contributed by atoms with Gasteiger partial charge in [-0.15, -0.1) is 0 Å². The lowest BCUT2D eigenvalue weighted by Crippen LogP contribution is -2.14. The van der Waals surface area contributed by atoms with E-state index >= 15 is 0 Å². The number of hydrogen-bond donors (Lipinski definition) is 0. The van der Waals surface area contributed by atoms with Crippen molar-refractivity contribution in [3.05, 3.63) is 363 Å². The molecule has 2 aromatic heterocycles. The average molecular weight is 1300 g/mol. The summed E-state index contributed by atoms with van der Waals surface area (Å²) in [5.41, 5.74) is 16.3. The molecular formula is C99H64O2. The van der Waals surface area contributed by atoms with E-state index in [1.807, 2.05) is 182 Å². The molecule has 20 aromatic rings. The van der Waals surface area contributed by atoms with E-state index in [4.69, 9.17) is 19.8 Å². The summed E-state index contributed by atoms with van der Waals surface area (Å²) < 4.78 is 158. The molecule has 101 heavy (non-hydrogen) atoms. The van der Waals surface area contributed by atoms with Crippen molar-refractivity contribution < 1.29 is 30.8 Å². The van der Waals surface area contributed by atoms with E-state index in [2.05, 4.69) is 86.6 Å². The van der Waals surface area contributed by atoms with Crippen LogP contribution in [0, 0.1) is 0 Å². The lowest BCUT2D eigenvalue weighted by Gasteiger charge is -2.23. The van der Waals surface area contributed by atoms with Crippen molar-refractivity contribution in [2.75, 3.05) is 0 Å². The summed E-state index contributed by atoms with van der Waals surface area (Å²) in [6.07, 6.45) is 0. The Labute approximate surface area is 607 Å². The fraction of sp³-hybridized carbons (Fsp3) is 0.0303. The van der Waals surface area contributed by atoms with Gasteiger partial charge in [-0.2, -0.15) is 0 Å². The fourth-order valence-corrected chi connectivity index (χ4v) is 15.7. The van der Waals surface area contributed by atoms with Crippen LogP contribution in [0.1, 0.15) is 46.9 Å². The van der Waals surface area contributed by atoms with Crippen LogP contribution in [0.4, 0.5) is 0 Å². The maximum atomic E-state index is 9.42. The first-order valence-electron chi connectivity index (χ1n) is 41.7. The van der Waals surface area contributed by atoms with Gasteiger partial charge >= 0.3 is 0 Å². The topological polar surface area (TPSA) is 26.3 Å². The maximum absolute atomic E-state index is 9.42. The zero-order chi connectivity index (χ0) is 80.8. The SMILES string of the molecule is [2H]c1c([2H])c([2H])c2c(-c3ccc(-c4ccc5oc6cc7ccccc7cc6c5c4)cc3)c3c([2H])c([2H])c([2H])c([2H])c3c(-c3ccc(-c4ccccc4)cc3)c2c1[2H].[2H]c1c([2H])c([2H])c2c(-c3ccc4c(c3)C(C)(C)c3ccccc3-4)c3c([2H])c([2H])c([2H])c([2H])c3c(-c3ccc(-c4ccc5oc6cc7ccccc7cc6c5c4)cc3)c2c1[2H]. The normalized spacial score (nSPS) is 14.8. The highest BCUT2D eigenvalue weighted by atomic mass is 16.3. The van der Waals surface area contributed by atoms with Crippen LogP contribution in [0.5, 0.6) is 0 Å². The molecule has 0 radical (unpaired) electrons. The first-order chi connectivity index (χ1) is 56.4. The van der Waals surface area contributed by atoms with Crippen LogP contribution < -0.4 is 0 Å². The van der Waals surface area contributed by atoms with E-state index in [9.17, 15) is 11.0 Å². The van der Waals surface area contributed by atoms with Gasteiger partial charge in [-0.3, -0.25) is 0 Å². The molecule has 0 fully saturated rings. The second kappa shape index (κ2) is 23.1. The molecule has 472 valence electrons. The van der Waals surface area contributed by atoms with Gasteiger partial charge in [0.1, 0.15) is 22.3 Å². The van der Waals surface area contributed by atoms with Gasteiger partial charge in [-0.25, -0.2) is 0 Å². The van der Waals surface area contributed by atoms with Crippen molar-refractivity contribution in [2.45, 2.75) is 19.3 Å². The highest BCUT2D eigenvalue weighted by Gasteiger charge is 2.35. The molecule has 1 aliphatic carbocycles. The Morgan fingerprint density at radius 2 is 0.515 bits per heavy atom. The molecule has 2 heteroatoms. The summed E-state index contributed by atoms with van der Waals surface area (Å²) in [6.45, 7) is 4.31. The third-order valence-electron chi connectivity index (χ3n) is 20.6. The lowest BCUT2D eigenvalue weighted by molar-refractivity contribution is 0.660. The number of furan rings is 2. The second-order valence-electron chi connectivity index (χ2n) is 26.5. The minimum absolute atomic E-state index is 0.187. The quantitative estimate of drug-likeness (QED) is 0.149. The summed E-state index contributed by atoms with van der Waals surface area (Å²) in [7, 11) is 0. The molecular weight excluding hydrogens is 1220 g/mol. The third-order valence-corrected chi connectivity index (χ3v) is 20.6. The maximum Gasteiger partial charge on any atom is 0.136 e. The molecule has 2 heterocycles. The molecule has 0 unspecified atom stereocenters. The van der Waals surface area contributed by atoms with E-state index in [1.165, 1.54) is 5.56 Å². The van der Waals surface area contributed by atoms with Gasteiger partial charge in [0.25, 0.3) is 0 Å². The second-order valence-corrected chi connectivity index (χ2v) is 26.5.